The SMILES string of the molecule is COc1cc(C2NCCc3c2[nH]c2c(C)cc(C)cc32)c(Br)cc1OCc1ccccc1. The van der Waals surface area contributed by atoms with Crippen molar-refractivity contribution in [3.05, 3.63) is 92.6 Å². The monoisotopic (exact) mass is 490 g/mol. The Balaban J connectivity index is 1.52. The number of hydrogen-bond acceptors (Lipinski definition) is 3. The molecule has 2 heterocycles. The van der Waals surface area contributed by atoms with E-state index in [9.17, 15) is 0 Å². The van der Waals surface area contributed by atoms with Gasteiger partial charge >= 0.3 is 0 Å². The third-order valence-corrected chi connectivity index (χ3v) is 6.92. The normalized spacial score (nSPS) is 15.6. The number of halogens is 1. The number of aryl methyl sites for hydroxylation is 2. The van der Waals surface area contributed by atoms with E-state index in [-0.39, 0.29) is 6.04 Å². The van der Waals surface area contributed by atoms with Crippen molar-refractivity contribution in [1.29, 1.82) is 0 Å². The highest BCUT2D eigenvalue weighted by Crippen LogP contribution is 2.41. The van der Waals surface area contributed by atoms with Crippen LogP contribution in [0, 0.1) is 13.8 Å². The number of hydrogen-bond donors (Lipinski definition) is 2. The molecule has 0 aliphatic carbocycles. The van der Waals surface area contributed by atoms with Gasteiger partial charge in [-0.3, -0.25) is 0 Å². The van der Waals surface area contributed by atoms with Crippen LogP contribution in [0.5, 0.6) is 11.5 Å². The van der Waals surface area contributed by atoms with Gasteiger partial charge in [0.15, 0.2) is 11.5 Å². The molecular weight excluding hydrogens is 464 g/mol. The molecule has 0 amide bonds. The molecule has 1 aliphatic heterocycles. The van der Waals surface area contributed by atoms with Gasteiger partial charge in [-0.05, 0) is 60.7 Å². The average molecular weight is 491 g/mol. The smallest absolute Gasteiger partial charge is 0.162 e. The average Bonchev–Trinajstić information content (AvgIpc) is 3.18. The second kappa shape index (κ2) is 8.64. The molecule has 0 radical (unpaired) electrons. The Hall–Kier alpha value is -2.76. The standard InChI is InChI=1S/C27H27BrN2O2/c1-16-11-17(2)25-20(12-16)19-9-10-29-26(27(19)30-25)21-13-23(31-3)24(14-22(21)28)32-15-18-7-5-4-6-8-18/h4-8,11-14,26,29-30H,9-10,15H2,1-3H3. The van der Waals surface area contributed by atoms with Gasteiger partial charge in [-0.2, -0.15) is 0 Å². The molecule has 0 saturated heterocycles. The summed E-state index contributed by atoms with van der Waals surface area (Å²) in [6, 6.07) is 18.9. The molecule has 0 saturated carbocycles. The van der Waals surface area contributed by atoms with Crippen LogP contribution >= 0.6 is 15.9 Å². The second-order valence-electron chi connectivity index (χ2n) is 8.46. The quantitative estimate of drug-likeness (QED) is 0.341. The van der Waals surface area contributed by atoms with E-state index in [1.807, 2.05) is 24.3 Å². The molecule has 164 valence electrons. The van der Waals surface area contributed by atoms with E-state index in [2.05, 4.69) is 70.4 Å². The lowest BCUT2D eigenvalue weighted by molar-refractivity contribution is 0.284. The molecular formula is C27H27BrN2O2. The molecule has 5 heteroatoms. The first-order valence-corrected chi connectivity index (χ1v) is 11.7. The fraction of sp³-hybridized carbons (Fsp3) is 0.259. The molecule has 4 nitrogen and oxygen atoms in total. The number of aromatic nitrogens is 1. The van der Waals surface area contributed by atoms with Gasteiger partial charge in [-0.15, -0.1) is 0 Å². The maximum atomic E-state index is 6.10. The first-order chi connectivity index (χ1) is 15.5. The summed E-state index contributed by atoms with van der Waals surface area (Å²) in [5.41, 5.74) is 8.73. The third kappa shape index (κ3) is 3.80. The summed E-state index contributed by atoms with van der Waals surface area (Å²) in [5.74, 6) is 1.46. The van der Waals surface area contributed by atoms with Crippen molar-refractivity contribution in [2.24, 2.45) is 0 Å². The molecule has 1 aromatic heterocycles. The number of benzene rings is 3. The Morgan fingerprint density at radius 2 is 1.84 bits per heavy atom. The van der Waals surface area contributed by atoms with Crippen LogP contribution in [0.25, 0.3) is 10.9 Å². The van der Waals surface area contributed by atoms with Crippen LogP contribution in [-0.2, 0) is 13.0 Å². The van der Waals surface area contributed by atoms with E-state index >= 15 is 0 Å². The van der Waals surface area contributed by atoms with Crippen LogP contribution in [0.3, 0.4) is 0 Å². The van der Waals surface area contributed by atoms with E-state index in [1.54, 1.807) is 7.11 Å². The van der Waals surface area contributed by atoms with E-state index < -0.39 is 0 Å². The topological polar surface area (TPSA) is 46.3 Å². The summed E-state index contributed by atoms with van der Waals surface area (Å²) in [4.78, 5) is 3.73. The minimum atomic E-state index is 0.0531. The summed E-state index contributed by atoms with van der Waals surface area (Å²) in [5, 5.41) is 5.04. The number of ether oxygens (including phenoxy) is 2. The number of rotatable bonds is 5. The minimum absolute atomic E-state index is 0.0531. The van der Waals surface area contributed by atoms with Gasteiger partial charge in [0, 0.05) is 27.6 Å². The Labute approximate surface area is 197 Å². The zero-order valence-corrected chi connectivity index (χ0v) is 20.2. The predicted molar refractivity (Wildman–Crippen MR) is 133 cm³/mol. The minimum Gasteiger partial charge on any atom is -0.493 e. The molecule has 1 aliphatic rings. The molecule has 5 rings (SSSR count). The predicted octanol–water partition coefficient (Wildman–Crippen LogP) is 6.37. The number of aromatic amines is 1. The van der Waals surface area contributed by atoms with Gasteiger partial charge in [0.1, 0.15) is 6.61 Å². The highest BCUT2D eigenvalue weighted by Gasteiger charge is 2.28. The summed E-state index contributed by atoms with van der Waals surface area (Å²) in [6.45, 7) is 5.77. The van der Waals surface area contributed by atoms with Crippen molar-refractivity contribution in [3.63, 3.8) is 0 Å². The second-order valence-corrected chi connectivity index (χ2v) is 9.31. The van der Waals surface area contributed by atoms with E-state index in [0.717, 1.165) is 40.1 Å². The summed E-state index contributed by atoms with van der Waals surface area (Å²) < 4.78 is 12.8. The van der Waals surface area contributed by atoms with Crippen molar-refractivity contribution in [1.82, 2.24) is 10.3 Å². The summed E-state index contributed by atoms with van der Waals surface area (Å²) in [6.07, 6.45) is 1.02. The Morgan fingerprint density at radius 1 is 1.03 bits per heavy atom. The van der Waals surface area contributed by atoms with Gasteiger partial charge in [0.05, 0.1) is 13.2 Å². The van der Waals surface area contributed by atoms with Crippen LogP contribution in [0.15, 0.2) is 59.1 Å². The summed E-state index contributed by atoms with van der Waals surface area (Å²) >= 11 is 3.80. The van der Waals surface area contributed by atoms with Gasteiger partial charge in [0.2, 0.25) is 0 Å². The fourth-order valence-electron chi connectivity index (χ4n) is 4.73. The van der Waals surface area contributed by atoms with Crippen molar-refractivity contribution in [3.8, 4) is 11.5 Å². The molecule has 1 unspecified atom stereocenters. The lowest BCUT2D eigenvalue weighted by Gasteiger charge is -2.26. The lowest BCUT2D eigenvalue weighted by Crippen LogP contribution is -2.30. The lowest BCUT2D eigenvalue weighted by atomic mass is 9.93. The Kier molecular flexibility index (Phi) is 5.70. The molecule has 0 fully saturated rings. The summed E-state index contributed by atoms with van der Waals surface area (Å²) in [7, 11) is 1.69. The van der Waals surface area contributed by atoms with Crippen LogP contribution in [0.2, 0.25) is 0 Å². The van der Waals surface area contributed by atoms with Gasteiger partial charge < -0.3 is 19.8 Å². The number of fused-ring (bicyclic) bond motifs is 3. The molecule has 4 aromatic rings. The van der Waals surface area contributed by atoms with Crippen LogP contribution in [0.1, 0.15) is 39.6 Å². The Morgan fingerprint density at radius 3 is 2.62 bits per heavy atom. The molecule has 2 N–H and O–H groups in total. The molecule has 32 heavy (non-hydrogen) atoms. The fourth-order valence-corrected chi connectivity index (χ4v) is 5.28. The number of H-pyrrole nitrogens is 1. The number of methoxy groups -OCH3 is 1. The van der Waals surface area contributed by atoms with Crippen LogP contribution in [-0.4, -0.2) is 18.6 Å². The van der Waals surface area contributed by atoms with Gasteiger partial charge in [0.25, 0.3) is 0 Å². The zero-order valence-electron chi connectivity index (χ0n) is 18.6. The van der Waals surface area contributed by atoms with Crippen LogP contribution in [0.4, 0.5) is 0 Å². The maximum Gasteiger partial charge on any atom is 0.162 e. The molecule has 0 spiro atoms. The van der Waals surface area contributed by atoms with Gasteiger partial charge in [-0.25, -0.2) is 0 Å². The Bertz CT molecular complexity index is 1280. The van der Waals surface area contributed by atoms with Crippen molar-refractivity contribution in [2.75, 3.05) is 13.7 Å². The molecule has 3 aromatic carbocycles. The number of nitrogens with one attached hydrogen (secondary N) is 2. The van der Waals surface area contributed by atoms with Crippen molar-refractivity contribution >= 4 is 26.8 Å². The highest BCUT2D eigenvalue weighted by atomic mass is 79.9. The van der Waals surface area contributed by atoms with Gasteiger partial charge in [-0.1, -0.05) is 57.9 Å². The van der Waals surface area contributed by atoms with E-state index in [4.69, 9.17) is 9.47 Å². The van der Waals surface area contributed by atoms with Crippen molar-refractivity contribution in [2.45, 2.75) is 32.9 Å². The third-order valence-electron chi connectivity index (χ3n) is 6.23. The van der Waals surface area contributed by atoms with Crippen molar-refractivity contribution < 1.29 is 9.47 Å². The first kappa shape index (κ1) is 21.1. The van der Waals surface area contributed by atoms with E-state index in [0.29, 0.717) is 6.61 Å². The van der Waals surface area contributed by atoms with Crippen LogP contribution < -0.4 is 14.8 Å². The zero-order chi connectivity index (χ0) is 22.2. The largest absolute Gasteiger partial charge is 0.493 e. The first-order valence-electron chi connectivity index (χ1n) is 10.9. The van der Waals surface area contributed by atoms with E-state index in [1.165, 1.54) is 33.3 Å². The maximum absolute atomic E-state index is 6.10. The molecule has 0 bridgehead atoms. The molecule has 1 atom stereocenters. The highest BCUT2D eigenvalue weighted by molar-refractivity contribution is 9.10.